The number of hydrazone groups is 1. The molecule has 0 fully saturated rings. The summed E-state index contributed by atoms with van der Waals surface area (Å²) in [6, 6.07) is 20.4. The zero-order chi connectivity index (χ0) is 25.7. The first-order valence-corrected chi connectivity index (χ1v) is 12.9. The Kier molecular flexibility index (Phi) is 7.56. The molecule has 0 bridgehead atoms. The summed E-state index contributed by atoms with van der Waals surface area (Å²) in [5.74, 6) is -0.212. The number of hydrogen-bond acceptors (Lipinski definition) is 6. The van der Waals surface area contributed by atoms with Gasteiger partial charge in [0.25, 0.3) is 5.91 Å². The van der Waals surface area contributed by atoms with Gasteiger partial charge >= 0.3 is 10.1 Å². The largest absolute Gasteiger partial charge is 0.493 e. The van der Waals surface area contributed by atoms with Crippen LogP contribution in [-0.4, -0.2) is 32.2 Å². The van der Waals surface area contributed by atoms with Gasteiger partial charge in [0, 0.05) is 12.4 Å². The van der Waals surface area contributed by atoms with E-state index in [4.69, 9.17) is 8.92 Å². The van der Waals surface area contributed by atoms with Gasteiger partial charge in [0.15, 0.2) is 11.5 Å². The molecule has 0 aliphatic carbocycles. The van der Waals surface area contributed by atoms with E-state index in [1.54, 1.807) is 36.4 Å². The Morgan fingerprint density at radius 3 is 2.42 bits per heavy atom. The number of carbonyl (C=O) groups is 1. The van der Waals surface area contributed by atoms with Crippen molar-refractivity contribution in [2.45, 2.75) is 11.8 Å². The monoisotopic (exact) mass is 567 g/mol. The number of aromatic nitrogens is 1. The molecule has 1 N–H and O–H groups in total. The topological polar surface area (TPSA) is 99.0 Å². The van der Waals surface area contributed by atoms with Gasteiger partial charge in [-0.15, -0.1) is 0 Å². The van der Waals surface area contributed by atoms with Crippen molar-refractivity contribution in [3.63, 3.8) is 0 Å². The molecule has 0 radical (unpaired) electrons. The SMILES string of the molecule is COc1cc(/C=N\NC(=O)c2ccccc2-n2cccc2)cc(Br)c1OS(=O)(=O)c1ccc(C)cc1. The molecule has 184 valence electrons. The zero-order valence-corrected chi connectivity index (χ0v) is 21.8. The Morgan fingerprint density at radius 1 is 1.03 bits per heavy atom. The minimum Gasteiger partial charge on any atom is -0.493 e. The van der Waals surface area contributed by atoms with Crippen LogP contribution in [0.1, 0.15) is 21.5 Å². The van der Waals surface area contributed by atoms with E-state index < -0.39 is 10.1 Å². The number of carbonyl (C=O) groups excluding carboxylic acids is 1. The summed E-state index contributed by atoms with van der Waals surface area (Å²) in [6.07, 6.45) is 5.12. The molecule has 1 heterocycles. The molecule has 3 aromatic carbocycles. The van der Waals surface area contributed by atoms with Crippen molar-refractivity contribution in [2.24, 2.45) is 5.10 Å². The second-order valence-electron chi connectivity index (χ2n) is 7.69. The fraction of sp³-hybridized carbons (Fsp3) is 0.0769. The number of amides is 1. The molecule has 0 aliphatic rings. The van der Waals surface area contributed by atoms with E-state index in [1.807, 2.05) is 48.1 Å². The fourth-order valence-corrected chi connectivity index (χ4v) is 4.97. The van der Waals surface area contributed by atoms with E-state index in [0.717, 1.165) is 11.3 Å². The second kappa shape index (κ2) is 10.8. The molecule has 10 heteroatoms. The molecule has 0 saturated heterocycles. The molecule has 8 nitrogen and oxygen atoms in total. The van der Waals surface area contributed by atoms with Gasteiger partial charge in [-0.1, -0.05) is 29.8 Å². The molecular weight excluding hydrogens is 546 g/mol. The van der Waals surface area contributed by atoms with E-state index >= 15 is 0 Å². The second-order valence-corrected chi connectivity index (χ2v) is 10.1. The Hall–Kier alpha value is -3.89. The maximum atomic E-state index is 12.7. The highest BCUT2D eigenvalue weighted by atomic mass is 79.9. The molecule has 0 saturated carbocycles. The first-order chi connectivity index (χ1) is 17.3. The highest BCUT2D eigenvalue weighted by molar-refractivity contribution is 9.10. The van der Waals surface area contributed by atoms with Crippen molar-refractivity contribution in [3.05, 3.63) is 106 Å². The van der Waals surface area contributed by atoms with Gasteiger partial charge in [-0.3, -0.25) is 4.79 Å². The predicted octanol–water partition coefficient (Wildman–Crippen LogP) is 5.09. The smallest absolute Gasteiger partial charge is 0.339 e. The number of aryl methyl sites for hydroxylation is 1. The predicted molar refractivity (Wildman–Crippen MR) is 141 cm³/mol. The molecule has 36 heavy (non-hydrogen) atoms. The number of ether oxygens (including phenoxy) is 1. The Balaban J connectivity index is 1.52. The van der Waals surface area contributed by atoms with Gasteiger partial charge in [0.2, 0.25) is 0 Å². The summed E-state index contributed by atoms with van der Waals surface area (Å²) in [7, 11) is -2.69. The van der Waals surface area contributed by atoms with Crippen LogP contribution < -0.4 is 14.3 Å². The van der Waals surface area contributed by atoms with Crippen LogP contribution in [0.2, 0.25) is 0 Å². The lowest BCUT2D eigenvalue weighted by Gasteiger charge is -2.13. The lowest BCUT2D eigenvalue weighted by molar-refractivity contribution is 0.0955. The summed E-state index contributed by atoms with van der Waals surface area (Å²) < 4.78 is 38.4. The molecule has 4 rings (SSSR count). The first-order valence-electron chi connectivity index (χ1n) is 10.7. The standard InChI is InChI=1S/C26H22BrN3O5S/c1-18-9-11-20(12-10-18)36(32,33)35-25-22(27)15-19(16-24(25)34-2)17-28-29-26(31)21-7-3-4-8-23(21)30-13-5-6-14-30/h3-17H,1-2H3,(H,29,31)/b28-17-. The van der Waals surface area contributed by atoms with Gasteiger partial charge in [-0.05, 0) is 76.9 Å². The minimum atomic E-state index is -4.08. The van der Waals surface area contributed by atoms with Crippen molar-refractivity contribution in [1.82, 2.24) is 9.99 Å². The third-order valence-electron chi connectivity index (χ3n) is 5.17. The van der Waals surface area contributed by atoms with E-state index in [0.29, 0.717) is 15.6 Å². The van der Waals surface area contributed by atoms with Crippen LogP contribution in [0, 0.1) is 6.92 Å². The molecule has 1 aromatic heterocycles. The Morgan fingerprint density at radius 2 is 1.72 bits per heavy atom. The van der Waals surface area contributed by atoms with E-state index in [2.05, 4.69) is 26.5 Å². The third-order valence-corrected chi connectivity index (χ3v) is 6.99. The number of nitrogens with zero attached hydrogens (tertiary/aromatic N) is 2. The quantitative estimate of drug-likeness (QED) is 0.182. The summed E-state index contributed by atoms with van der Waals surface area (Å²) in [4.78, 5) is 12.8. The molecule has 0 aliphatic heterocycles. The molecule has 4 aromatic rings. The van der Waals surface area contributed by atoms with Crippen LogP contribution in [0.15, 0.2) is 99.7 Å². The van der Waals surface area contributed by atoms with E-state index in [9.17, 15) is 13.2 Å². The van der Waals surface area contributed by atoms with Gasteiger partial charge in [-0.25, -0.2) is 5.43 Å². The summed E-state index contributed by atoms with van der Waals surface area (Å²) >= 11 is 3.34. The summed E-state index contributed by atoms with van der Waals surface area (Å²) in [6.45, 7) is 1.86. The highest BCUT2D eigenvalue weighted by Gasteiger charge is 2.22. The first kappa shape index (κ1) is 25.2. The lowest BCUT2D eigenvalue weighted by atomic mass is 10.1. The highest BCUT2D eigenvalue weighted by Crippen LogP contribution is 2.38. The van der Waals surface area contributed by atoms with Crippen LogP contribution in [0.5, 0.6) is 11.5 Å². The average Bonchev–Trinajstić information content (AvgIpc) is 3.40. The number of para-hydroxylation sites is 1. The number of halogens is 1. The fourth-order valence-electron chi connectivity index (χ4n) is 3.37. The van der Waals surface area contributed by atoms with Gasteiger partial charge < -0.3 is 13.5 Å². The van der Waals surface area contributed by atoms with Gasteiger partial charge in [0.1, 0.15) is 4.90 Å². The van der Waals surface area contributed by atoms with Crippen LogP contribution in [0.3, 0.4) is 0 Å². The van der Waals surface area contributed by atoms with E-state index in [1.165, 1.54) is 25.5 Å². The summed E-state index contributed by atoms with van der Waals surface area (Å²) in [5, 5.41) is 4.05. The maximum absolute atomic E-state index is 12.7. The average molecular weight is 568 g/mol. The van der Waals surface area contributed by atoms with Crippen molar-refractivity contribution in [3.8, 4) is 17.2 Å². The molecule has 0 spiro atoms. The third kappa shape index (κ3) is 5.67. The van der Waals surface area contributed by atoms with Gasteiger partial charge in [-0.2, -0.15) is 13.5 Å². The van der Waals surface area contributed by atoms with Crippen molar-refractivity contribution in [2.75, 3.05) is 7.11 Å². The summed E-state index contributed by atoms with van der Waals surface area (Å²) in [5.41, 5.74) is 5.16. The van der Waals surface area contributed by atoms with Crippen LogP contribution in [0.25, 0.3) is 5.69 Å². The number of nitrogens with one attached hydrogen (secondary N) is 1. The number of hydrogen-bond donors (Lipinski definition) is 1. The van der Waals surface area contributed by atoms with Crippen LogP contribution in [0.4, 0.5) is 0 Å². The van der Waals surface area contributed by atoms with Crippen molar-refractivity contribution < 1.29 is 22.1 Å². The number of rotatable bonds is 8. The normalized spacial score (nSPS) is 11.4. The number of benzene rings is 3. The number of methoxy groups -OCH3 is 1. The zero-order valence-electron chi connectivity index (χ0n) is 19.4. The van der Waals surface area contributed by atoms with Crippen LogP contribution >= 0.6 is 15.9 Å². The Labute approximate surface area is 217 Å². The lowest BCUT2D eigenvalue weighted by Crippen LogP contribution is -2.19. The molecule has 0 unspecified atom stereocenters. The minimum absolute atomic E-state index is 0.0000828. The van der Waals surface area contributed by atoms with Crippen LogP contribution in [-0.2, 0) is 10.1 Å². The molecule has 0 atom stereocenters. The maximum Gasteiger partial charge on any atom is 0.339 e. The van der Waals surface area contributed by atoms with Gasteiger partial charge in [0.05, 0.1) is 29.0 Å². The van der Waals surface area contributed by atoms with Crippen molar-refractivity contribution >= 4 is 38.2 Å². The van der Waals surface area contributed by atoms with E-state index in [-0.39, 0.29) is 22.3 Å². The molecular formula is C26H22BrN3O5S. The van der Waals surface area contributed by atoms with Crippen molar-refractivity contribution in [1.29, 1.82) is 0 Å². The molecule has 1 amide bonds. The Bertz CT molecular complexity index is 1520.